The summed E-state index contributed by atoms with van der Waals surface area (Å²) in [6.07, 6.45) is 1.43. The van der Waals surface area contributed by atoms with Crippen molar-refractivity contribution < 1.29 is 18.9 Å². The Balaban J connectivity index is 1.50. The zero-order valence-electron chi connectivity index (χ0n) is 16.7. The van der Waals surface area contributed by atoms with Crippen LogP contribution in [0, 0.1) is 10.1 Å². The van der Waals surface area contributed by atoms with E-state index in [1.807, 2.05) is 30.3 Å². The Morgan fingerprint density at radius 1 is 1.16 bits per heavy atom. The number of carbonyl (C=O) groups excluding carboxylic acids is 2. The number of amidine groups is 1. The zero-order chi connectivity index (χ0) is 22.5. The molecular weight excluding hydrogens is 432 g/mol. The number of amides is 2. The molecule has 1 saturated heterocycles. The fourth-order valence-corrected chi connectivity index (χ4v) is 4.28. The Hall–Kier alpha value is -3.92. The number of nitrogens with one attached hydrogen (secondary N) is 1. The molecule has 1 N–H and O–H groups in total. The maximum Gasteiger partial charge on any atom is 0.271 e. The van der Waals surface area contributed by atoms with Gasteiger partial charge >= 0.3 is 0 Å². The first-order valence-corrected chi connectivity index (χ1v) is 10.6. The van der Waals surface area contributed by atoms with Gasteiger partial charge in [0.2, 0.25) is 11.8 Å². The number of nitro benzene ring substituents is 1. The number of anilines is 1. The van der Waals surface area contributed by atoms with Crippen molar-refractivity contribution >= 4 is 45.8 Å². The van der Waals surface area contributed by atoms with Crippen LogP contribution < -0.4 is 5.32 Å². The Bertz CT molecular complexity index is 1160. The molecule has 2 heterocycles. The van der Waals surface area contributed by atoms with Crippen LogP contribution in [-0.2, 0) is 16.1 Å². The van der Waals surface area contributed by atoms with Crippen molar-refractivity contribution in [1.29, 1.82) is 0 Å². The van der Waals surface area contributed by atoms with Gasteiger partial charge in [0.1, 0.15) is 11.0 Å². The highest BCUT2D eigenvalue weighted by Gasteiger charge is 2.39. The van der Waals surface area contributed by atoms with E-state index in [4.69, 9.17) is 4.42 Å². The minimum atomic E-state index is -0.675. The van der Waals surface area contributed by atoms with Gasteiger partial charge in [0, 0.05) is 24.2 Å². The van der Waals surface area contributed by atoms with Gasteiger partial charge < -0.3 is 9.73 Å². The van der Waals surface area contributed by atoms with E-state index >= 15 is 0 Å². The minimum Gasteiger partial charge on any atom is -0.467 e. The summed E-state index contributed by atoms with van der Waals surface area (Å²) in [5.74, 6) is -0.0769. The summed E-state index contributed by atoms with van der Waals surface area (Å²) in [5.41, 5.74) is 0.857. The summed E-state index contributed by atoms with van der Waals surface area (Å²) in [4.78, 5) is 42.1. The van der Waals surface area contributed by atoms with E-state index in [0.29, 0.717) is 22.3 Å². The molecule has 1 aliphatic heterocycles. The monoisotopic (exact) mass is 450 g/mol. The predicted molar refractivity (Wildman–Crippen MR) is 121 cm³/mol. The normalized spacial score (nSPS) is 17.0. The van der Waals surface area contributed by atoms with Crippen LogP contribution in [-0.4, -0.2) is 32.1 Å². The van der Waals surface area contributed by atoms with Crippen LogP contribution in [0.25, 0.3) is 0 Å². The number of nitro groups is 1. The van der Waals surface area contributed by atoms with Gasteiger partial charge in [0.05, 0.1) is 23.4 Å². The van der Waals surface area contributed by atoms with Crippen molar-refractivity contribution in [3.63, 3.8) is 0 Å². The lowest BCUT2D eigenvalue weighted by Crippen LogP contribution is -2.33. The second-order valence-electron chi connectivity index (χ2n) is 6.90. The number of non-ortho nitro benzene ring substituents is 1. The molecule has 1 aliphatic rings. The number of benzene rings is 2. The number of para-hydroxylation sites is 1. The van der Waals surface area contributed by atoms with Crippen LogP contribution in [0.1, 0.15) is 12.2 Å². The van der Waals surface area contributed by atoms with Crippen LogP contribution in [0.15, 0.2) is 82.4 Å². The Morgan fingerprint density at radius 2 is 1.97 bits per heavy atom. The maximum absolute atomic E-state index is 13.1. The van der Waals surface area contributed by atoms with E-state index in [0.717, 1.165) is 0 Å². The van der Waals surface area contributed by atoms with E-state index in [2.05, 4.69) is 10.3 Å². The van der Waals surface area contributed by atoms with Gasteiger partial charge in [0.15, 0.2) is 5.17 Å². The van der Waals surface area contributed by atoms with E-state index in [9.17, 15) is 19.7 Å². The fraction of sp³-hybridized carbons (Fsp3) is 0.136. The van der Waals surface area contributed by atoms with Gasteiger partial charge in [-0.1, -0.05) is 36.0 Å². The lowest BCUT2D eigenvalue weighted by Gasteiger charge is -2.15. The van der Waals surface area contributed by atoms with Gasteiger partial charge in [0.25, 0.3) is 5.69 Å². The Labute approximate surface area is 187 Å². The van der Waals surface area contributed by atoms with Crippen LogP contribution in [0.5, 0.6) is 0 Å². The molecular formula is C22H18N4O5S. The first kappa shape index (κ1) is 21.3. The lowest BCUT2D eigenvalue weighted by molar-refractivity contribution is -0.384. The van der Waals surface area contributed by atoms with E-state index in [1.54, 1.807) is 18.2 Å². The second kappa shape index (κ2) is 9.48. The molecule has 3 aromatic rings. The first-order valence-electron chi connectivity index (χ1n) is 9.68. The number of aliphatic imine (C=N–C) groups is 1. The maximum atomic E-state index is 13.1. The first-order chi connectivity index (χ1) is 15.5. The molecule has 1 atom stereocenters. The highest BCUT2D eigenvalue weighted by molar-refractivity contribution is 8.15. The van der Waals surface area contributed by atoms with Crippen molar-refractivity contribution in [1.82, 2.24) is 4.90 Å². The molecule has 32 heavy (non-hydrogen) atoms. The topological polar surface area (TPSA) is 118 Å². The standard InChI is InChI=1S/C22H18N4O5S/c27-20(23-16-8-4-9-17(12-16)26(29)30)13-19-21(28)25(14-18-10-5-11-31-18)22(32-19)24-15-6-2-1-3-7-15/h1-12,19H,13-14H2,(H,23,27)/t19-/m1/s1. The summed E-state index contributed by atoms with van der Waals surface area (Å²) in [6.45, 7) is 0.202. The Morgan fingerprint density at radius 3 is 2.69 bits per heavy atom. The highest BCUT2D eigenvalue weighted by Crippen LogP contribution is 2.33. The number of furan rings is 1. The van der Waals surface area contributed by atoms with Crippen molar-refractivity contribution in [2.24, 2.45) is 4.99 Å². The van der Waals surface area contributed by atoms with Gasteiger partial charge in [-0.2, -0.15) is 0 Å². The molecule has 2 amide bonds. The summed E-state index contributed by atoms with van der Waals surface area (Å²) < 4.78 is 5.38. The van der Waals surface area contributed by atoms with Gasteiger partial charge in [-0.25, -0.2) is 4.99 Å². The van der Waals surface area contributed by atoms with E-state index < -0.39 is 16.1 Å². The van der Waals surface area contributed by atoms with E-state index in [1.165, 1.54) is 41.1 Å². The SMILES string of the molecule is O=C(C[C@H]1SC(=Nc2ccccc2)N(Cc2ccco2)C1=O)Nc1cccc([N+](=O)[O-])c1. The van der Waals surface area contributed by atoms with Gasteiger partial charge in [-0.3, -0.25) is 24.6 Å². The second-order valence-corrected chi connectivity index (χ2v) is 8.07. The van der Waals surface area contributed by atoms with Crippen molar-refractivity contribution in [3.05, 3.63) is 88.9 Å². The predicted octanol–water partition coefficient (Wildman–Crippen LogP) is 4.35. The number of thioether (sulfide) groups is 1. The molecule has 0 spiro atoms. The molecule has 0 aliphatic carbocycles. The quantitative estimate of drug-likeness (QED) is 0.422. The molecule has 1 fully saturated rings. The van der Waals surface area contributed by atoms with Crippen molar-refractivity contribution in [2.75, 3.05) is 5.32 Å². The third kappa shape index (κ3) is 5.03. The van der Waals surface area contributed by atoms with Crippen LogP contribution in [0.3, 0.4) is 0 Å². The largest absolute Gasteiger partial charge is 0.467 e. The van der Waals surface area contributed by atoms with Crippen LogP contribution in [0.4, 0.5) is 17.1 Å². The number of nitrogens with zero attached hydrogens (tertiary/aromatic N) is 3. The number of rotatable bonds is 7. The summed E-state index contributed by atoms with van der Waals surface area (Å²) in [7, 11) is 0. The molecule has 2 aromatic carbocycles. The minimum absolute atomic E-state index is 0.103. The van der Waals surface area contributed by atoms with E-state index in [-0.39, 0.29) is 24.6 Å². The number of hydrogen-bond donors (Lipinski definition) is 1. The molecule has 0 bridgehead atoms. The van der Waals surface area contributed by atoms with Crippen LogP contribution >= 0.6 is 11.8 Å². The van der Waals surface area contributed by atoms with Gasteiger partial charge in [-0.05, 0) is 30.3 Å². The van der Waals surface area contributed by atoms with Crippen molar-refractivity contribution in [2.45, 2.75) is 18.2 Å². The van der Waals surface area contributed by atoms with Gasteiger partial charge in [-0.15, -0.1) is 0 Å². The summed E-state index contributed by atoms with van der Waals surface area (Å²) in [6, 6.07) is 18.4. The Kier molecular flexibility index (Phi) is 6.31. The molecule has 10 heteroatoms. The number of hydrogen-bond acceptors (Lipinski definition) is 7. The molecule has 162 valence electrons. The summed E-state index contributed by atoms with van der Waals surface area (Å²) in [5, 5.41) is 13.4. The lowest BCUT2D eigenvalue weighted by atomic mass is 10.2. The molecule has 0 radical (unpaired) electrons. The third-order valence-corrected chi connectivity index (χ3v) is 5.78. The highest BCUT2D eigenvalue weighted by atomic mass is 32.2. The zero-order valence-corrected chi connectivity index (χ0v) is 17.5. The molecule has 0 saturated carbocycles. The molecule has 0 unspecified atom stereocenters. The number of carbonyl (C=O) groups is 2. The average Bonchev–Trinajstić information content (AvgIpc) is 3.39. The molecule has 4 rings (SSSR count). The molecule has 1 aromatic heterocycles. The molecule has 9 nitrogen and oxygen atoms in total. The van der Waals surface area contributed by atoms with Crippen molar-refractivity contribution in [3.8, 4) is 0 Å². The fourth-order valence-electron chi connectivity index (χ4n) is 3.12. The smallest absolute Gasteiger partial charge is 0.271 e. The average molecular weight is 450 g/mol. The van der Waals surface area contributed by atoms with Crippen LogP contribution in [0.2, 0.25) is 0 Å². The third-order valence-electron chi connectivity index (χ3n) is 4.61. The summed E-state index contributed by atoms with van der Waals surface area (Å²) >= 11 is 1.21.